The van der Waals surface area contributed by atoms with Crippen LogP contribution in [0.4, 0.5) is 0 Å². The third-order valence-electron chi connectivity index (χ3n) is 5.91. The number of esters is 1. The second-order valence-electron chi connectivity index (χ2n) is 7.43. The maximum atomic E-state index is 12.7. The van der Waals surface area contributed by atoms with E-state index in [2.05, 4.69) is 16.0 Å². The second kappa shape index (κ2) is 6.58. The monoisotopic (exact) mass is 404 g/mol. The van der Waals surface area contributed by atoms with Crippen molar-refractivity contribution in [3.8, 4) is 0 Å². The first-order valence-corrected chi connectivity index (χ1v) is 9.37. The van der Waals surface area contributed by atoms with E-state index >= 15 is 0 Å². The van der Waals surface area contributed by atoms with Gasteiger partial charge in [0.15, 0.2) is 23.7 Å². The number of carbonyl (C=O) groups is 1. The molecular weight excluding hydrogens is 380 g/mol. The van der Waals surface area contributed by atoms with E-state index in [1.54, 1.807) is 37.3 Å². The van der Waals surface area contributed by atoms with Crippen molar-refractivity contribution in [2.45, 2.75) is 49.0 Å². The fourth-order valence-electron chi connectivity index (χ4n) is 4.68. The zero-order chi connectivity index (χ0) is 21.0. The summed E-state index contributed by atoms with van der Waals surface area (Å²) in [5, 5.41) is 57.1. The van der Waals surface area contributed by atoms with Crippen LogP contribution in [0.15, 0.2) is 30.3 Å². The highest BCUT2D eigenvalue weighted by Crippen LogP contribution is 2.48. The first-order chi connectivity index (χ1) is 13.8. The predicted molar refractivity (Wildman–Crippen MR) is 101 cm³/mol. The molecule has 5 atom stereocenters. The lowest BCUT2D eigenvalue weighted by molar-refractivity contribution is -0.259. The van der Waals surface area contributed by atoms with E-state index in [9.17, 15) is 20.1 Å². The van der Waals surface area contributed by atoms with Crippen LogP contribution in [-0.4, -0.2) is 80.4 Å². The first kappa shape index (κ1) is 19.4. The van der Waals surface area contributed by atoms with Gasteiger partial charge in [-0.05, 0) is 18.6 Å². The van der Waals surface area contributed by atoms with Gasteiger partial charge in [-0.2, -0.15) is 0 Å². The van der Waals surface area contributed by atoms with Gasteiger partial charge in [0.2, 0.25) is 5.79 Å². The Bertz CT molecular complexity index is 848. The van der Waals surface area contributed by atoms with Gasteiger partial charge in [0.05, 0.1) is 30.3 Å². The van der Waals surface area contributed by atoms with Crippen molar-refractivity contribution < 1.29 is 24.9 Å². The average Bonchev–Trinajstić information content (AvgIpc) is 3.15. The van der Waals surface area contributed by atoms with Crippen LogP contribution in [0.25, 0.3) is 0 Å². The molecule has 8 N–H and O–H groups in total. The third-order valence-corrected chi connectivity index (χ3v) is 5.91. The van der Waals surface area contributed by atoms with Crippen molar-refractivity contribution in [3.05, 3.63) is 35.9 Å². The molecule has 0 saturated carbocycles. The zero-order valence-electron chi connectivity index (χ0n) is 15.7. The lowest BCUT2D eigenvalue weighted by Crippen LogP contribution is -2.81. The molecule has 0 radical (unpaired) electrons. The van der Waals surface area contributed by atoms with Crippen molar-refractivity contribution >= 4 is 17.9 Å². The number of aliphatic hydroxyl groups excluding tert-OH is 1. The smallest absolute Gasteiger partial charge is 0.338 e. The molecule has 3 heterocycles. The van der Waals surface area contributed by atoms with Crippen LogP contribution in [0, 0.1) is 10.8 Å². The number of benzene rings is 1. The molecule has 0 bridgehead atoms. The summed E-state index contributed by atoms with van der Waals surface area (Å²) in [5.74, 6) is -3.75. The molecule has 1 aromatic carbocycles. The van der Waals surface area contributed by atoms with Gasteiger partial charge in [0, 0.05) is 0 Å². The van der Waals surface area contributed by atoms with Crippen LogP contribution in [0.2, 0.25) is 0 Å². The molecule has 3 saturated heterocycles. The van der Waals surface area contributed by atoms with Gasteiger partial charge in [0.25, 0.3) is 0 Å². The summed E-state index contributed by atoms with van der Waals surface area (Å²) in [5.41, 5.74) is -1.52. The van der Waals surface area contributed by atoms with Gasteiger partial charge in [-0.25, -0.2) is 4.79 Å². The molecule has 11 heteroatoms. The third kappa shape index (κ3) is 2.51. The second-order valence-corrected chi connectivity index (χ2v) is 7.43. The normalized spacial score (nSPS) is 34.6. The summed E-state index contributed by atoms with van der Waals surface area (Å²) in [4.78, 5) is 14.1. The van der Waals surface area contributed by atoms with Gasteiger partial charge in [-0.15, -0.1) is 0 Å². The van der Waals surface area contributed by atoms with Crippen molar-refractivity contribution in [1.29, 1.82) is 10.8 Å². The fraction of sp³-hybridized carbons (Fsp3) is 0.500. The summed E-state index contributed by atoms with van der Waals surface area (Å²) in [6.07, 6.45) is -1.09. The average molecular weight is 404 g/mol. The van der Waals surface area contributed by atoms with Crippen LogP contribution in [-0.2, 0) is 4.74 Å². The van der Waals surface area contributed by atoms with Crippen LogP contribution < -0.4 is 16.0 Å². The molecule has 29 heavy (non-hydrogen) atoms. The molecule has 3 aliphatic rings. The van der Waals surface area contributed by atoms with Crippen LogP contribution in [0.3, 0.4) is 0 Å². The summed E-state index contributed by atoms with van der Waals surface area (Å²) in [7, 11) is 0. The molecule has 2 unspecified atom stereocenters. The highest BCUT2D eigenvalue weighted by atomic mass is 16.6. The van der Waals surface area contributed by atoms with Gasteiger partial charge in [0.1, 0.15) is 0 Å². The molecule has 0 aromatic heterocycles. The van der Waals surface area contributed by atoms with Gasteiger partial charge in [-0.1, -0.05) is 25.1 Å². The number of guanidine groups is 2. The maximum absolute atomic E-state index is 12.7. The Kier molecular flexibility index (Phi) is 4.41. The van der Waals surface area contributed by atoms with E-state index in [1.165, 1.54) is 4.90 Å². The Hall–Kier alpha value is -2.89. The van der Waals surface area contributed by atoms with Crippen LogP contribution in [0.5, 0.6) is 0 Å². The molecule has 3 aliphatic heterocycles. The number of aliphatic hydroxyl groups is 3. The number of rotatable bonds is 4. The number of nitrogens with zero attached hydrogens (tertiary/aromatic N) is 1. The van der Waals surface area contributed by atoms with Gasteiger partial charge in [-0.3, -0.25) is 10.8 Å². The van der Waals surface area contributed by atoms with E-state index in [-0.39, 0.29) is 17.5 Å². The summed E-state index contributed by atoms with van der Waals surface area (Å²) in [6, 6.07) is 5.78. The minimum absolute atomic E-state index is 0.165. The maximum Gasteiger partial charge on any atom is 0.338 e. The molecule has 156 valence electrons. The molecule has 3 fully saturated rings. The standard InChI is InChI=1S/C18H24N6O5/c1-2-11-13(29-14(26)9-6-4-3-5-7-9)18(27,28)17-12(22-15(19)23-17)10(8-25)21-16(20)24(11)17/h3-7,10-13,25,27-28H,2,8H2,1H3,(H2,20,21)(H3,19,22,23)/t10-,11+,12-,13?,17?/m0/s1. The summed E-state index contributed by atoms with van der Waals surface area (Å²) in [6.45, 7) is 1.36. The van der Waals surface area contributed by atoms with E-state index in [0.29, 0.717) is 6.42 Å². The highest BCUT2D eigenvalue weighted by Gasteiger charge is 2.77. The lowest BCUT2D eigenvalue weighted by atomic mass is 9.85. The number of nitrogens with one attached hydrogen (secondary N) is 5. The van der Waals surface area contributed by atoms with Crippen LogP contribution in [0.1, 0.15) is 23.7 Å². The number of hydrogen-bond donors (Lipinski definition) is 8. The summed E-state index contributed by atoms with van der Waals surface area (Å²) >= 11 is 0. The topological polar surface area (TPSA) is 174 Å². The summed E-state index contributed by atoms with van der Waals surface area (Å²) < 4.78 is 5.56. The lowest BCUT2D eigenvalue weighted by Gasteiger charge is -2.51. The number of ether oxygens (including phenoxy) is 1. The van der Waals surface area contributed by atoms with Gasteiger partial charge >= 0.3 is 5.97 Å². The van der Waals surface area contributed by atoms with Crippen molar-refractivity contribution in [2.24, 2.45) is 0 Å². The molecule has 4 rings (SSSR count). The van der Waals surface area contributed by atoms with Crippen molar-refractivity contribution in [1.82, 2.24) is 20.9 Å². The molecule has 1 spiro atoms. The minimum atomic E-state index is -2.67. The van der Waals surface area contributed by atoms with E-state index in [4.69, 9.17) is 15.6 Å². The molecule has 11 nitrogen and oxygen atoms in total. The Labute approximate surface area is 166 Å². The fourth-order valence-corrected chi connectivity index (χ4v) is 4.68. The predicted octanol–water partition coefficient (Wildman–Crippen LogP) is -1.92. The Morgan fingerprint density at radius 1 is 1.24 bits per heavy atom. The number of carbonyl (C=O) groups excluding carboxylic acids is 1. The largest absolute Gasteiger partial charge is 0.451 e. The minimum Gasteiger partial charge on any atom is -0.451 e. The van der Waals surface area contributed by atoms with E-state index in [1.807, 2.05) is 0 Å². The highest BCUT2D eigenvalue weighted by molar-refractivity contribution is 5.90. The van der Waals surface area contributed by atoms with E-state index < -0.39 is 48.3 Å². The van der Waals surface area contributed by atoms with Crippen molar-refractivity contribution in [3.63, 3.8) is 0 Å². The Morgan fingerprint density at radius 3 is 2.55 bits per heavy atom. The Balaban J connectivity index is 1.78. The van der Waals surface area contributed by atoms with Crippen LogP contribution >= 0.6 is 0 Å². The molecule has 1 aromatic rings. The van der Waals surface area contributed by atoms with Gasteiger partial charge < -0.3 is 40.9 Å². The number of hydrogen-bond acceptors (Lipinski definition) is 7. The van der Waals surface area contributed by atoms with Crippen molar-refractivity contribution in [2.75, 3.05) is 6.61 Å². The Morgan fingerprint density at radius 2 is 1.93 bits per heavy atom. The first-order valence-electron chi connectivity index (χ1n) is 9.37. The molecule has 0 aliphatic carbocycles. The SMILES string of the molecule is CC[C@@H]1C(OC(=O)c2ccccc2)C(O)(O)C23NC(=N)N[C@H]2[C@H](CO)NC(=N)N13. The van der Waals surface area contributed by atoms with E-state index in [0.717, 1.165) is 0 Å². The quantitative estimate of drug-likeness (QED) is 0.210. The molecular formula is C18H24N6O5. The zero-order valence-corrected chi connectivity index (χ0v) is 15.7. The molecule has 0 amide bonds.